The highest BCUT2D eigenvalue weighted by Gasteiger charge is 1.92. The van der Waals surface area contributed by atoms with E-state index in [9.17, 15) is 0 Å². The molecule has 0 aliphatic carbocycles. The lowest BCUT2D eigenvalue weighted by Crippen LogP contribution is -1.86. The lowest BCUT2D eigenvalue weighted by Gasteiger charge is -1.99. The van der Waals surface area contributed by atoms with Gasteiger partial charge in [-0.05, 0) is 60.7 Å². The Hall–Kier alpha value is -3.38. The van der Waals surface area contributed by atoms with Crippen LogP contribution in [0.15, 0.2) is 104 Å². The molecule has 0 radical (unpaired) electrons. The number of azo groups is 2. The molecular formula is C19H15ClN6. The van der Waals surface area contributed by atoms with Crippen molar-refractivity contribution in [3.8, 4) is 0 Å². The fourth-order valence-electron chi connectivity index (χ4n) is 1.94. The number of hydrogen-bond donors (Lipinski definition) is 1. The zero-order valence-corrected chi connectivity index (χ0v) is 14.5. The zero-order chi connectivity index (χ0) is 18.0. The van der Waals surface area contributed by atoms with Gasteiger partial charge in [0.25, 0.3) is 0 Å². The summed E-state index contributed by atoms with van der Waals surface area (Å²) < 4.78 is 0. The van der Waals surface area contributed by atoms with E-state index in [1.54, 1.807) is 24.3 Å². The molecule has 3 rings (SSSR count). The molecular weight excluding hydrogens is 348 g/mol. The van der Waals surface area contributed by atoms with E-state index in [4.69, 9.17) is 11.6 Å². The number of benzene rings is 3. The van der Waals surface area contributed by atoms with Crippen LogP contribution in [0.3, 0.4) is 0 Å². The van der Waals surface area contributed by atoms with Gasteiger partial charge in [-0.25, -0.2) is 0 Å². The predicted octanol–water partition coefficient (Wildman–Crippen LogP) is 6.89. The number of hydrogen-bond acceptors (Lipinski definition) is 5. The molecule has 0 saturated heterocycles. The highest BCUT2D eigenvalue weighted by Crippen LogP contribution is 2.20. The maximum Gasteiger partial charge on any atom is 0.158 e. The van der Waals surface area contributed by atoms with Crippen LogP contribution in [0.25, 0.3) is 0 Å². The third-order valence-corrected chi connectivity index (χ3v) is 3.46. The molecule has 0 aromatic heterocycles. The Labute approximate surface area is 156 Å². The van der Waals surface area contributed by atoms with Gasteiger partial charge in [0.2, 0.25) is 0 Å². The van der Waals surface area contributed by atoms with Crippen molar-refractivity contribution in [2.45, 2.75) is 0 Å². The van der Waals surface area contributed by atoms with Crippen LogP contribution in [0.2, 0.25) is 5.02 Å². The van der Waals surface area contributed by atoms with Gasteiger partial charge in [-0.15, -0.1) is 10.2 Å². The minimum atomic E-state index is 0.658. The van der Waals surface area contributed by atoms with E-state index in [0.717, 1.165) is 17.1 Å². The van der Waals surface area contributed by atoms with Gasteiger partial charge in [0.15, 0.2) is 6.34 Å². The topological polar surface area (TPSA) is 73.8 Å². The second-order valence-electron chi connectivity index (χ2n) is 5.13. The summed E-state index contributed by atoms with van der Waals surface area (Å²) in [5, 5.41) is 20.8. The highest BCUT2D eigenvalue weighted by atomic mass is 35.5. The van der Waals surface area contributed by atoms with Crippen molar-refractivity contribution in [2.75, 3.05) is 5.43 Å². The van der Waals surface area contributed by atoms with Crippen molar-refractivity contribution in [2.24, 2.45) is 25.6 Å². The van der Waals surface area contributed by atoms with Gasteiger partial charge < -0.3 is 0 Å². The molecule has 0 fully saturated rings. The third-order valence-electron chi connectivity index (χ3n) is 3.21. The van der Waals surface area contributed by atoms with E-state index in [1.165, 1.54) is 6.34 Å². The first-order valence-electron chi connectivity index (χ1n) is 7.80. The van der Waals surface area contributed by atoms with E-state index >= 15 is 0 Å². The van der Waals surface area contributed by atoms with Gasteiger partial charge in [-0.2, -0.15) is 15.3 Å². The monoisotopic (exact) mass is 362 g/mol. The van der Waals surface area contributed by atoms with Crippen molar-refractivity contribution in [3.63, 3.8) is 0 Å². The summed E-state index contributed by atoms with van der Waals surface area (Å²) in [7, 11) is 0. The summed E-state index contributed by atoms with van der Waals surface area (Å²) in [6, 6.07) is 24.0. The summed E-state index contributed by atoms with van der Waals surface area (Å²) >= 11 is 5.80. The minimum absolute atomic E-state index is 0.658. The summed E-state index contributed by atoms with van der Waals surface area (Å²) in [5.74, 6) is 0. The summed E-state index contributed by atoms with van der Waals surface area (Å²) in [4.78, 5) is 0. The second-order valence-corrected chi connectivity index (χ2v) is 5.57. The molecule has 7 heteroatoms. The van der Waals surface area contributed by atoms with Crippen LogP contribution in [0.5, 0.6) is 0 Å². The first-order valence-corrected chi connectivity index (χ1v) is 8.18. The van der Waals surface area contributed by atoms with Gasteiger partial charge >= 0.3 is 0 Å². The normalized spacial score (nSPS) is 11.6. The lowest BCUT2D eigenvalue weighted by molar-refractivity contribution is 1.23. The molecule has 0 amide bonds. The SMILES string of the molecule is Clc1ccc(N=NC=NNc2ccc(N=Nc3ccccc3)cc2)cc1. The number of anilines is 1. The Morgan fingerprint density at radius 2 is 1.23 bits per heavy atom. The van der Waals surface area contributed by atoms with Crippen LogP contribution in [0, 0.1) is 0 Å². The molecule has 26 heavy (non-hydrogen) atoms. The predicted molar refractivity (Wildman–Crippen MR) is 105 cm³/mol. The lowest BCUT2D eigenvalue weighted by atomic mass is 10.3. The van der Waals surface area contributed by atoms with Gasteiger partial charge in [-0.3, -0.25) is 5.43 Å². The Balaban J connectivity index is 1.51. The molecule has 0 unspecified atom stereocenters. The fourth-order valence-corrected chi connectivity index (χ4v) is 2.07. The molecule has 0 spiro atoms. The summed E-state index contributed by atoms with van der Waals surface area (Å²) in [6.07, 6.45) is 1.33. The molecule has 3 aromatic carbocycles. The smallest absolute Gasteiger partial charge is 0.158 e. The van der Waals surface area contributed by atoms with Crippen molar-refractivity contribution in [1.29, 1.82) is 0 Å². The van der Waals surface area contributed by atoms with Gasteiger partial charge in [0.05, 0.1) is 22.7 Å². The van der Waals surface area contributed by atoms with E-state index in [2.05, 4.69) is 31.0 Å². The third kappa shape index (κ3) is 5.61. The molecule has 128 valence electrons. The van der Waals surface area contributed by atoms with Crippen LogP contribution >= 0.6 is 11.6 Å². The first kappa shape index (κ1) is 17.4. The molecule has 0 bridgehead atoms. The highest BCUT2D eigenvalue weighted by molar-refractivity contribution is 6.30. The maximum absolute atomic E-state index is 5.80. The first-order chi connectivity index (χ1) is 12.8. The molecule has 6 nitrogen and oxygen atoms in total. The van der Waals surface area contributed by atoms with Crippen LogP contribution in [0.4, 0.5) is 22.7 Å². The number of nitrogens with one attached hydrogen (secondary N) is 1. The van der Waals surface area contributed by atoms with Gasteiger partial charge in [0, 0.05) is 5.02 Å². The number of hydrazone groups is 1. The van der Waals surface area contributed by atoms with Crippen LogP contribution in [-0.2, 0) is 0 Å². The van der Waals surface area contributed by atoms with E-state index in [1.807, 2.05) is 54.6 Å². The summed E-state index contributed by atoms with van der Waals surface area (Å²) in [5.41, 5.74) is 5.94. The number of nitrogens with zero attached hydrogens (tertiary/aromatic N) is 5. The minimum Gasteiger partial charge on any atom is -0.277 e. The molecule has 3 aromatic rings. The molecule has 0 heterocycles. The number of halogens is 1. The number of rotatable bonds is 6. The Morgan fingerprint density at radius 1 is 0.654 bits per heavy atom. The Morgan fingerprint density at radius 3 is 1.92 bits per heavy atom. The zero-order valence-electron chi connectivity index (χ0n) is 13.7. The Kier molecular flexibility index (Phi) is 6.17. The average Bonchev–Trinajstić information content (AvgIpc) is 2.69. The van der Waals surface area contributed by atoms with Crippen LogP contribution in [0.1, 0.15) is 0 Å². The van der Waals surface area contributed by atoms with E-state index in [0.29, 0.717) is 10.7 Å². The van der Waals surface area contributed by atoms with Crippen molar-refractivity contribution >= 4 is 40.7 Å². The molecule has 0 saturated carbocycles. The fraction of sp³-hybridized carbons (Fsp3) is 0. The largest absolute Gasteiger partial charge is 0.277 e. The molecule has 0 aliphatic rings. The van der Waals surface area contributed by atoms with Crippen molar-refractivity contribution in [3.05, 3.63) is 83.9 Å². The average molecular weight is 363 g/mol. The molecule has 0 atom stereocenters. The van der Waals surface area contributed by atoms with Crippen molar-refractivity contribution in [1.82, 2.24) is 0 Å². The van der Waals surface area contributed by atoms with E-state index < -0.39 is 0 Å². The Bertz CT molecular complexity index is 903. The standard InChI is InChI=1S/C19H15ClN6/c20-15-6-8-17(9-7-15)23-21-14-22-24-18-10-12-19(13-11-18)26-25-16-4-2-1-3-5-16/h1-14,24H. The summed E-state index contributed by atoms with van der Waals surface area (Å²) in [6.45, 7) is 0. The molecule has 0 aliphatic heterocycles. The van der Waals surface area contributed by atoms with Crippen LogP contribution < -0.4 is 5.43 Å². The van der Waals surface area contributed by atoms with Gasteiger partial charge in [-0.1, -0.05) is 29.8 Å². The molecule has 1 N–H and O–H groups in total. The van der Waals surface area contributed by atoms with Crippen molar-refractivity contribution < 1.29 is 0 Å². The quantitative estimate of drug-likeness (QED) is 0.220. The second kappa shape index (κ2) is 9.19. The van der Waals surface area contributed by atoms with Crippen LogP contribution in [-0.4, -0.2) is 6.34 Å². The van der Waals surface area contributed by atoms with E-state index in [-0.39, 0.29) is 0 Å². The maximum atomic E-state index is 5.80. The van der Waals surface area contributed by atoms with Gasteiger partial charge in [0.1, 0.15) is 0 Å².